The smallest absolute Gasteiger partial charge is 0.270 e. The second-order valence-corrected chi connectivity index (χ2v) is 6.56. The molecule has 0 spiro atoms. The SMILES string of the molecule is N#Cc1ccc(C(=O)NC2CCN(c3nccc(-c4ccccc4)n3)C2)nc1. The second-order valence-electron chi connectivity index (χ2n) is 6.56. The van der Waals surface area contributed by atoms with E-state index in [1.165, 1.54) is 6.20 Å². The number of nitrogens with zero attached hydrogens (tertiary/aromatic N) is 5. The number of hydrogen-bond acceptors (Lipinski definition) is 6. The van der Waals surface area contributed by atoms with Crippen LogP contribution in [0.3, 0.4) is 0 Å². The van der Waals surface area contributed by atoms with Crippen molar-refractivity contribution < 1.29 is 4.79 Å². The highest BCUT2D eigenvalue weighted by Crippen LogP contribution is 2.21. The largest absolute Gasteiger partial charge is 0.346 e. The molecule has 1 aromatic carbocycles. The number of anilines is 1. The Balaban J connectivity index is 1.41. The van der Waals surface area contributed by atoms with Crippen LogP contribution in [0, 0.1) is 11.3 Å². The lowest BCUT2D eigenvalue weighted by molar-refractivity contribution is 0.0935. The second kappa shape index (κ2) is 7.84. The molecule has 4 rings (SSSR count). The van der Waals surface area contributed by atoms with Gasteiger partial charge in [-0.3, -0.25) is 4.79 Å². The number of nitriles is 1. The number of aromatic nitrogens is 3. The van der Waals surface area contributed by atoms with Crippen molar-refractivity contribution >= 4 is 11.9 Å². The minimum absolute atomic E-state index is 0.00563. The fraction of sp³-hybridized carbons (Fsp3) is 0.190. The van der Waals surface area contributed by atoms with Gasteiger partial charge in [-0.1, -0.05) is 30.3 Å². The highest BCUT2D eigenvalue weighted by Gasteiger charge is 2.26. The summed E-state index contributed by atoms with van der Waals surface area (Å²) >= 11 is 0. The van der Waals surface area contributed by atoms with E-state index in [0.29, 0.717) is 23.8 Å². The summed E-state index contributed by atoms with van der Waals surface area (Å²) in [6.07, 6.45) is 3.97. The average Bonchev–Trinajstić information content (AvgIpc) is 3.23. The summed E-state index contributed by atoms with van der Waals surface area (Å²) in [6, 6.07) is 17.0. The predicted molar refractivity (Wildman–Crippen MR) is 105 cm³/mol. The molecule has 1 amide bonds. The zero-order chi connectivity index (χ0) is 19.3. The van der Waals surface area contributed by atoms with Gasteiger partial charge in [0.2, 0.25) is 5.95 Å². The Kier molecular flexibility index (Phi) is 4.93. The van der Waals surface area contributed by atoms with Crippen LogP contribution >= 0.6 is 0 Å². The Labute approximate surface area is 162 Å². The van der Waals surface area contributed by atoms with E-state index in [-0.39, 0.29) is 11.9 Å². The Hall–Kier alpha value is -3.79. The molecular weight excluding hydrogens is 352 g/mol. The first-order chi connectivity index (χ1) is 13.7. The molecule has 0 aliphatic carbocycles. The molecule has 28 heavy (non-hydrogen) atoms. The maximum atomic E-state index is 12.4. The molecule has 3 heterocycles. The number of carbonyl (C=O) groups excluding carboxylic acids is 1. The van der Waals surface area contributed by atoms with Crippen molar-refractivity contribution in [3.05, 3.63) is 72.2 Å². The molecule has 1 aliphatic heterocycles. The summed E-state index contributed by atoms with van der Waals surface area (Å²) in [5, 5.41) is 11.8. The van der Waals surface area contributed by atoms with E-state index in [9.17, 15) is 4.79 Å². The summed E-state index contributed by atoms with van der Waals surface area (Å²) in [5.41, 5.74) is 2.65. The maximum Gasteiger partial charge on any atom is 0.270 e. The molecule has 3 aromatic rings. The van der Waals surface area contributed by atoms with E-state index in [0.717, 1.165) is 24.2 Å². The summed E-state index contributed by atoms with van der Waals surface area (Å²) in [4.78, 5) is 27.6. The van der Waals surface area contributed by atoms with E-state index in [4.69, 9.17) is 5.26 Å². The van der Waals surface area contributed by atoms with Crippen LogP contribution in [-0.2, 0) is 0 Å². The van der Waals surface area contributed by atoms with Gasteiger partial charge in [0.05, 0.1) is 11.3 Å². The van der Waals surface area contributed by atoms with Crippen LogP contribution in [0.25, 0.3) is 11.3 Å². The molecule has 1 aliphatic rings. The lowest BCUT2D eigenvalue weighted by atomic mass is 10.1. The third-order valence-corrected chi connectivity index (χ3v) is 4.64. The molecule has 1 fully saturated rings. The van der Waals surface area contributed by atoms with Crippen LogP contribution in [0.4, 0.5) is 5.95 Å². The summed E-state index contributed by atoms with van der Waals surface area (Å²) < 4.78 is 0. The van der Waals surface area contributed by atoms with Crippen LogP contribution < -0.4 is 10.2 Å². The molecule has 0 radical (unpaired) electrons. The summed E-state index contributed by atoms with van der Waals surface area (Å²) in [5.74, 6) is 0.421. The third-order valence-electron chi connectivity index (χ3n) is 4.64. The van der Waals surface area contributed by atoms with Crippen molar-refractivity contribution in [1.29, 1.82) is 5.26 Å². The molecule has 1 unspecified atom stereocenters. The van der Waals surface area contributed by atoms with Crippen LogP contribution in [-0.4, -0.2) is 40.0 Å². The maximum absolute atomic E-state index is 12.4. The van der Waals surface area contributed by atoms with Crippen molar-refractivity contribution in [1.82, 2.24) is 20.3 Å². The topological polar surface area (TPSA) is 94.8 Å². The fourth-order valence-electron chi connectivity index (χ4n) is 3.18. The molecule has 1 atom stereocenters. The van der Waals surface area contributed by atoms with E-state index in [2.05, 4.69) is 25.2 Å². The van der Waals surface area contributed by atoms with Gasteiger partial charge in [0.1, 0.15) is 11.8 Å². The van der Waals surface area contributed by atoms with E-state index < -0.39 is 0 Å². The Bertz CT molecular complexity index is 1010. The first-order valence-corrected chi connectivity index (χ1v) is 9.03. The zero-order valence-corrected chi connectivity index (χ0v) is 15.1. The third kappa shape index (κ3) is 3.81. The van der Waals surface area contributed by atoms with Crippen LogP contribution in [0.5, 0.6) is 0 Å². The molecule has 0 saturated carbocycles. The van der Waals surface area contributed by atoms with Crippen molar-refractivity contribution in [2.45, 2.75) is 12.5 Å². The van der Waals surface area contributed by atoms with Crippen LogP contribution in [0.1, 0.15) is 22.5 Å². The molecule has 1 saturated heterocycles. The highest BCUT2D eigenvalue weighted by molar-refractivity contribution is 5.92. The number of carbonyl (C=O) groups is 1. The number of amides is 1. The zero-order valence-electron chi connectivity index (χ0n) is 15.1. The number of pyridine rings is 1. The van der Waals surface area contributed by atoms with Crippen LogP contribution in [0.2, 0.25) is 0 Å². The average molecular weight is 370 g/mol. The number of rotatable bonds is 4. The van der Waals surface area contributed by atoms with Crippen molar-refractivity contribution in [3.63, 3.8) is 0 Å². The quantitative estimate of drug-likeness (QED) is 0.758. The molecule has 138 valence electrons. The molecule has 7 nitrogen and oxygen atoms in total. The summed E-state index contributed by atoms with van der Waals surface area (Å²) in [6.45, 7) is 1.41. The minimum Gasteiger partial charge on any atom is -0.346 e. The Morgan fingerprint density at radius 3 is 2.75 bits per heavy atom. The monoisotopic (exact) mass is 370 g/mol. The number of benzene rings is 1. The molecule has 1 N–H and O–H groups in total. The Morgan fingerprint density at radius 1 is 1.14 bits per heavy atom. The van der Waals surface area contributed by atoms with Gasteiger partial charge < -0.3 is 10.2 Å². The highest BCUT2D eigenvalue weighted by atomic mass is 16.1. The van der Waals surface area contributed by atoms with Gasteiger partial charge in [-0.15, -0.1) is 0 Å². The summed E-state index contributed by atoms with van der Waals surface area (Å²) in [7, 11) is 0. The van der Waals surface area contributed by atoms with E-state index >= 15 is 0 Å². The van der Waals surface area contributed by atoms with E-state index in [1.807, 2.05) is 42.5 Å². The lowest BCUT2D eigenvalue weighted by Gasteiger charge is -2.17. The minimum atomic E-state index is -0.240. The van der Waals surface area contributed by atoms with Crippen molar-refractivity contribution in [2.75, 3.05) is 18.0 Å². The van der Waals surface area contributed by atoms with Gasteiger partial charge >= 0.3 is 0 Å². The lowest BCUT2D eigenvalue weighted by Crippen LogP contribution is -2.37. The van der Waals surface area contributed by atoms with Gasteiger partial charge in [0.25, 0.3) is 5.91 Å². The van der Waals surface area contributed by atoms with Crippen LogP contribution in [0.15, 0.2) is 60.9 Å². The molecule has 0 bridgehead atoms. The van der Waals surface area contributed by atoms with E-state index in [1.54, 1.807) is 18.3 Å². The van der Waals surface area contributed by atoms with Crippen molar-refractivity contribution in [3.8, 4) is 17.3 Å². The normalized spacial score (nSPS) is 15.8. The number of hydrogen-bond donors (Lipinski definition) is 1. The van der Waals surface area contributed by atoms with Gasteiger partial charge in [-0.2, -0.15) is 5.26 Å². The van der Waals surface area contributed by atoms with Gasteiger partial charge in [-0.25, -0.2) is 15.0 Å². The first kappa shape index (κ1) is 17.6. The predicted octanol–water partition coefficient (Wildman–Crippen LogP) is 2.42. The van der Waals surface area contributed by atoms with Gasteiger partial charge in [0.15, 0.2) is 0 Å². The standard InChI is InChI=1S/C21H18N6O/c22-12-15-6-7-19(24-13-15)20(28)25-17-9-11-27(14-17)21-23-10-8-18(26-21)16-4-2-1-3-5-16/h1-8,10,13,17H,9,11,14H2,(H,25,28). The fourth-order valence-corrected chi connectivity index (χ4v) is 3.18. The number of nitrogens with one attached hydrogen (secondary N) is 1. The van der Waals surface area contributed by atoms with Crippen molar-refractivity contribution in [2.24, 2.45) is 0 Å². The first-order valence-electron chi connectivity index (χ1n) is 9.03. The molecular formula is C21H18N6O. The van der Waals surface area contributed by atoms with Gasteiger partial charge in [0, 0.05) is 37.1 Å². The molecule has 2 aromatic heterocycles. The Morgan fingerprint density at radius 2 is 2.00 bits per heavy atom. The molecule has 7 heteroatoms. The van der Waals surface area contributed by atoms with Gasteiger partial charge in [-0.05, 0) is 24.6 Å².